The minimum atomic E-state index is -5.08. The van der Waals surface area contributed by atoms with Crippen molar-refractivity contribution in [2.24, 2.45) is 0 Å². The van der Waals surface area contributed by atoms with Gasteiger partial charge in [-0.2, -0.15) is 8.42 Å². The van der Waals surface area contributed by atoms with Crippen LogP contribution in [0.3, 0.4) is 0 Å². The summed E-state index contributed by atoms with van der Waals surface area (Å²) in [6.07, 6.45) is 51.2. The summed E-state index contributed by atoms with van der Waals surface area (Å²) in [6.45, 7) is 3.72. The fourth-order valence-electron chi connectivity index (χ4n) is 6.69. The molecule has 0 aromatic heterocycles. The number of hydrogen-bond acceptors (Lipinski definition) is 11. The SMILES string of the molecule is CC/C=C\C/C=C\C/C=C\C/C=C\C/C=C\C/C=C\C/C=C\CCCCCC(=O)OC(COCCCCCCCC/C=C\C/C=C\CCC)COC1OC(CO)C(O)C(OS(=O)(=O)O)C1O. The molecular weight excluding hydrogens is 861 g/mol. The van der Waals surface area contributed by atoms with Crippen LogP contribution in [0.1, 0.15) is 155 Å². The van der Waals surface area contributed by atoms with E-state index in [1.165, 1.54) is 19.3 Å². The molecule has 66 heavy (non-hydrogen) atoms. The van der Waals surface area contributed by atoms with E-state index in [9.17, 15) is 33.1 Å². The molecule has 0 saturated carbocycles. The molecule has 6 atom stereocenters. The molecule has 0 amide bonds. The smallest absolute Gasteiger partial charge is 0.397 e. The molecule has 1 aliphatic heterocycles. The molecule has 12 nitrogen and oxygen atoms in total. The monoisotopic (exact) mass is 947 g/mol. The van der Waals surface area contributed by atoms with Crippen LogP contribution >= 0.6 is 0 Å². The van der Waals surface area contributed by atoms with Crippen molar-refractivity contribution < 1.29 is 56.2 Å². The topological polar surface area (TPSA) is 178 Å². The van der Waals surface area contributed by atoms with Gasteiger partial charge in [0.05, 0.1) is 19.8 Å². The lowest BCUT2D eigenvalue weighted by Crippen LogP contribution is -2.60. The lowest BCUT2D eigenvalue weighted by atomic mass is 9.99. The Kier molecular flexibility index (Phi) is 39.7. The summed E-state index contributed by atoms with van der Waals surface area (Å²) >= 11 is 0. The highest BCUT2D eigenvalue weighted by Crippen LogP contribution is 2.26. The van der Waals surface area contributed by atoms with Gasteiger partial charge in [-0.3, -0.25) is 9.35 Å². The summed E-state index contributed by atoms with van der Waals surface area (Å²) in [4.78, 5) is 12.9. The van der Waals surface area contributed by atoms with E-state index in [4.69, 9.17) is 18.9 Å². The highest BCUT2D eigenvalue weighted by Gasteiger charge is 2.48. The van der Waals surface area contributed by atoms with Crippen LogP contribution in [0.5, 0.6) is 0 Å². The lowest BCUT2D eigenvalue weighted by molar-refractivity contribution is -0.301. The number of ether oxygens (including phenoxy) is 4. The van der Waals surface area contributed by atoms with E-state index in [-0.39, 0.29) is 19.6 Å². The van der Waals surface area contributed by atoms with Gasteiger partial charge in [-0.05, 0) is 96.3 Å². The predicted molar refractivity (Wildman–Crippen MR) is 266 cm³/mol. The quantitative estimate of drug-likeness (QED) is 0.0198. The second-order valence-electron chi connectivity index (χ2n) is 16.3. The zero-order chi connectivity index (χ0) is 48.2. The van der Waals surface area contributed by atoms with E-state index < -0.39 is 59.8 Å². The highest BCUT2D eigenvalue weighted by atomic mass is 32.3. The molecule has 376 valence electrons. The number of hydrogen-bond donors (Lipinski definition) is 4. The van der Waals surface area contributed by atoms with E-state index >= 15 is 0 Å². The standard InChI is InChI=1S/C53H86O12S/c1-3-5-7-9-11-13-15-17-19-20-21-22-23-24-25-26-27-28-29-30-32-34-36-38-40-42-49(55)63-47(45-61-43-41-39-37-35-33-31-18-16-14-12-10-8-6-4-2)46-62-53-51(57)52(65-66(58,59)60)50(56)48(44-54)64-53/h5,7-8,10-11,13-14,16-17,19,21-22,24-25,27-28,30,32,47-48,50-54,56-57H,3-4,6,9,12,15,18,20,23,26,29,31,33-46H2,1-2H3,(H,58,59,60)/b7-5-,10-8-,13-11-,16-14-,19-17-,22-21-,25-24-,28-27-,32-30-. The number of aliphatic hydroxyl groups is 3. The number of esters is 1. The van der Waals surface area contributed by atoms with E-state index in [1.54, 1.807) is 0 Å². The molecule has 1 heterocycles. The van der Waals surface area contributed by atoms with Crippen LogP contribution in [-0.4, -0.2) is 97.5 Å². The summed E-state index contributed by atoms with van der Waals surface area (Å²) in [7, 11) is -5.08. The Morgan fingerprint density at radius 3 is 1.53 bits per heavy atom. The molecule has 0 spiro atoms. The maximum Gasteiger partial charge on any atom is 0.397 e. The molecule has 1 rings (SSSR count). The van der Waals surface area contributed by atoms with Gasteiger partial charge in [0, 0.05) is 13.0 Å². The zero-order valence-electron chi connectivity index (χ0n) is 40.2. The number of rotatable bonds is 41. The van der Waals surface area contributed by atoms with Gasteiger partial charge >= 0.3 is 16.4 Å². The molecular formula is C53H86O12S. The third kappa shape index (κ3) is 35.9. The Balaban J connectivity index is 2.42. The fraction of sp³-hybridized carbons (Fsp3) is 0.642. The predicted octanol–water partition coefficient (Wildman–Crippen LogP) is 11.2. The van der Waals surface area contributed by atoms with Crippen molar-refractivity contribution in [1.82, 2.24) is 0 Å². The van der Waals surface area contributed by atoms with Crippen LogP contribution in [-0.2, 0) is 38.3 Å². The van der Waals surface area contributed by atoms with Gasteiger partial charge in [-0.15, -0.1) is 0 Å². The first-order chi connectivity index (χ1) is 32.1. The van der Waals surface area contributed by atoms with E-state index in [0.717, 1.165) is 109 Å². The number of carbonyl (C=O) groups excluding carboxylic acids is 1. The first kappa shape index (κ1) is 60.8. The van der Waals surface area contributed by atoms with Crippen LogP contribution < -0.4 is 0 Å². The molecule has 1 aliphatic rings. The molecule has 1 fully saturated rings. The molecule has 0 bridgehead atoms. The van der Waals surface area contributed by atoms with Gasteiger partial charge in [0.25, 0.3) is 0 Å². The number of unbranched alkanes of at least 4 members (excludes halogenated alkanes) is 10. The third-order valence-corrected chi connectivity index (χ3v) is 10.8. The summed E-state index contributed by atoms with van der Waals surface area (Å²) in [5, 5.41) is 30.7. The molecule has 13 heteroatoms. The highest BCUT2D eigenvalue weighted by molar-refractivity contribution is 7.80. The molecule has 0 aromatic carbocycles. The van der Waals surface area contributed by atoms with Crippen molar-refractivity contribution >= 4 is 16.4 Å². The Labute approximate surface area is 398 Å². The number of carbonyl (C=O) groups is 1. The Morgan fingerprint density at radius 2 is 1.05 bits per heavy atom. The fourth-order valence-corrected chi connectivity index (χ4v) is 7.20. The molecule has 1 saturated heterocycles. The summed E-state index contributed by atoms with van der Waals surface area (Å²) in [6, 6.07) is 0. The summed E-state index contributed by atoms with van der Waals surface area (Å²) < 4.78 is 59.1. The maximum absolute atomic E-state index is 12.9. The summed E-state index contributed by atoms with van der Waals surface area (Å²) in [5.74, 6) is -0.440. The van der Waals surface area contributed by atoms with Crippen molar-refractivity contribution in [3.05, 3.63) is 109 Å². The van der Waals surface area contributed by atoms with Gasteiger partial charge in [-0.25, -0.2) is 4.18 Å². The van der Waals surface area contributed by atoms with Gasteiger partial charge in [0.2, 0.25) is 0 Å². The zero-order valence-corrected chi connectivity index (χ0v) is 41.0. The van der Waals surface area contributed by atoms with E-state index in [1.807, 2.05) is 0 Å². The van der Waals surface area contributed by atoms with Gasteiger partial charge in [0.1, 0.15) is 30.5 Å². The third-order valence-electron chi connectivity index (χ3n) is 10.4. The van der Waals surface area contributed by atoms with Gasteiger partial charge in [-0.1, -0.05) is 162 Å². The second kappa shape index (κ2) is 43.1. The van der Waals surface area contributed by atoms with E-state index in [2.05, 4.69) is 127 Å². The average Bonchev–Trinajstić information content (AvgIpc) is 3.29. The minimum Gasteiger partial charge on any atom is -0.457 e. The maximum atomic E-state index is 12.9. The van der Waals surface area contributed by atoms with Crippen LogP contribution in [0.25, 0.3) is 0 Å². The first-order valence-corrected chi connectivity index (χ1v) is 26.0. The first-order valence-electron chi connectivity index (χ1n) is 24.6. The van der Waals surface area contributed by atoms with Crippen molar-refractivity contribution in [1.29, 1.82) is 0 Å². The lowest BCUT2D eigenvalue weighted by Gasteiger charge is -2.41. The molecule has 0 aliphatic carbocycles. The molecule has 0 radical (unpaired) electrons. The Bertz CT molecular complexity index is 1560. The molecule has 0 aromatic rings. The molecule has 4 N–H and O–H groups in total. The van der Waals surface area contributed by atoms with Crippen molar-refractivity contribution in [3.63, 3.8) is 0 Å². The van der Waals surface area contributed by atoms with Crippen molar-refractivity contribution in [2.45, 2.75) is 192 Å². The Hall–Kier alpha value is -3.24. The number of allylic oxidation sites excluding steroid dienone is 18. The van der Waals surface area contributed by atoms with E-state index in [0.29, 0.717) is 13.0 Å². The second-order valence-corrected chi connectivity index (χ2v) is 17.4. The number of aliphatic hydroxyl groups excluding tert-OH is 3. The van der Waals surface area contributed by atoms with Gasteiger partial charge < -0.3 is 34.3 Å². The van der Waals surface area contributed by atoms with Crippen LogP contribution in [0.4, 0.5) is 0 Å². The largest absolute Gasteiger partial charge is 0.457 e. The molecule has 6 unspecified atom stereocenters. The van der Waals surface area contributed by atoms with Crippen LogP contribution in [0.15, 0.2) is 109 Å². The van der Waals surface area contributed by atoms with Crippen molar-refractivity contribution in [2.75, 3.05) is 26.4 Å². The Morgan fingerprint density at radius 1 is 0.591 bits per heavy atom. The van der Waals surface area contributed by atoms with Crippen LogP contribution in [0.2, 0.25) is 0 Å². The normalized spacial score (nSPS) is 20.5. The van der Waals surface area contributed by atoms with Gasteiger partial charge in [0.15, 0.2) is 6.29 Å². The van der Waals surface area contributed by atoms with Crippen molar-refractivity contribution in [3.8, 4) is 0 Å². The average molecular weight is 947 g/mol. The summed E-state index contributed by atoms with van der Waals surface area (Å²) in [5.41, 5.74) is 0. The minimum absolute atomic E-state index is 0.00703. The van der Waals surface area contributed by atoms with Crippen LogP contribution in [0, 0.1) is 0 Å².